The van der Waals surface area contributed by atoms with E-state index in [9.17, 15) is 9.90 Å². The molecule has 0 aromatic carbocycles. The quantitative estimate of drug-likeness (QED) is 0.776. The highest BCUT2D eigenvalue weighted by Gasteiger charge is 2.34. The first-order chi connectivity index (χ1) is 9.04. The van der Waals surface area contributed by atoms with Crippen molar-refractivity contribution in [3.63, 3.8) is 0 Å². The number of carboxylic acids is 1. The Morgan fingerprint density at radius 2 is 2.42 bits per heavy atom. The number of aromatic carboxylic acids is 1. The van der Waals surface area contributed by atoms with Crippen molar-refractivity contribution in [2.45, 2.75) is 38.1 Å². The second-order valence-electron chi connectivity index (χ2n) is 5.50. The Hall–Kier alpha value is -1.62. The zero-order valence-corrected chi connectivity index (χ0v) is 11.1. The van der Waals surface area contributed by atoms with Crippen LogP contribution in [0.2, 0.25) is 0 Å². The first-order valence-electron chi connectivity index (χ1n) is 6.63. The van der Waals surface area contributed by atoms with Crippen LogP contribution in [0, 0.1) is 5.92 Å². The van der Waals surface area contributed by atoms with Crippen LogP contribution in [-0.4, -0.2) is 33.3 Å². The van der Waals surface area contributed by atoms with Crippen molar-refractivity contribution in [2.24, 2.45) is 5.92 Å². The van der Waals surface area contributed by atoms with Gasteiger partial charge in [0.25, 0.3) is 0 Å². The Bertz CT molecular complexity index is 464. The monoisotopic (exact) mass is 264 g/mol. The van der Waals surface area contributed by atoms with Gasteiger partial charge in [-0.05, 0) is 30.9 Å². The Kier molecular flexibility index (Phi) is 4.04. The van der Waals surface area contributed by atoms with Crippen molar-refractivity contribution in [1.29, 1.82) is 0 Å². The number of nitrogens with zero attached hydrogens (tertiary/aromatic N) is 1. The van der Waals surface area contributed by atoms with Crippen LogP contribution in [0.1, 0.15) is 43.1 Å². The maximum absolute atomic E-state index is 10.9. The smallest absolute Gasteiger partial charge is 0.354 e. The highest BCUT2D eigenvalue weighted by molar-refractivity contribution is 5.86. The number of carbonyl (C=O) groups is 1. The fraction of sp³-hybridized carbons (Fsp3) is 0.571. The molecule has 5 heteroatoms. The molecular weight excluding hydrogens is 244 g/mol. The standard InChI is InChI=1S/C14H20N2O3/c1-10-3-2-5-14(8-10,9-17)16-11-4-6-15-12(7-11)13(18)19/h4,6-7,10,17H,2-3,5,8-9H2,1H3,(H,15,16)(H,18,19). The van der Waals surface area contributed by atoms with Gasteiger partial charge in [0.15, 0.2) is 0 Å². The SMILES string of the molecule is CC1CCCC(CO)(Nc2ccnc(C(=O)O)c2)C1. The molecule has 0 aliphatic heterocycles. The van der Waals surface area contributed by atoms with E-state index < -0.39 is 5.97 Å². The third kappa shape index (κ3) is 3.23. The van der Waals surface area contributed by atoms with Gasteiger partial charge in [-0.25, -0.2) is 9.78 Å². The Morgan fingerprint density at radius 3 is 3.05 bits per heavy atom. The lowest BCUT2D eigenvalue weighted by atomic mass is 9.76. The minimum Gasteiger partial charge on any atom is -0.477 e. The summed E-state index contributed by atoms with van der Waals surface area (Å²) >= 11 is 0. The third-order valence-corrected chi connectivity index (χ3v) is 3.78. The molecule has 1 aromatic heterocycles. The van der Waals surface area contributed by atoms with Crippen LogP contribution in [0.3, 0.4) is 0 Å². The number of carboxylic acid groups (broad SMARTS) is 1. The largest absolute Gasteiger partial charge is 0.477 e. The molecule has 1 saturated carbocycles. The average Bonchev–Trinajstić information content (AvgIpc) is 2.39. The van der Waals surface area contributed by atoms with E-state index in [2.05, 4.69) is 17.2 Å². The summed E-state index contributed by atoms with van der Waals surface area (Å²) in [7, 11) is 0. The number of anilines is 1. The van der Waals surface area contributed by atoms with Gasteiger partial charge in [0.05, 0.1) is 12.1 Å². The van der Waals surface area contributed by atoms with Crippen LogP contribution in [0.25, 0.3) is 0 Å². The molecule has 1 heterocycles. The van der Waals surface area contributed by atoms with Crippen LogP contribution < -0.4 is 5.32 Å². The number of hydrogen-bond acceptors (Lipinski definition) is 4. The lowest BCUT2D eigenvalue weighted by Gasteiger charge is -2.40. The molecule has 2 rings (SSSR count). The predicted molar refractivity (Wildman–Crippen MR) is 72.3 cm³/mol. The lowest BCUT2D eigenvalue weighted by molar-refractivity contribution is 0.0690. The summed E-state index contributed by atoms with van der Waals surface area (Å²) in [4.78, 5) is 14.7. The molecule has 104 valence electrons. The molecule has 1 aliphatic rings. The van der Waals surface area contributed by atoms with Crippen molar-refractivity contribution >= 4 is 11.7 Å². The second kappa shape index (κ2) is 5.57. The van der Waals surface area contributed by atoms with Crippen LogP contribution >= 0.6 is 0 Å². The van der Waals surface area contributed by atoms with Gasteiger partial charge < -0.3 is 15.5 Å². The minimum absolute atomic E-state index is 0.0157. The number of pyridine rings is 1. The number of nitrogens with one attached hydrogen (secondary N) is 1. The molecule has 1 aromatic rings. The summed E-state index contributed by atoms with van der Waals surface area (Å²) in [5.74, 6) is -0.479. The first-order valence-corrected chi connectivity index (χ1v) is 6.63. The Balaban J connectivity index is 2.18. The minimum atomic E-state index is -1.04. The zero-order valence-electron chi connectivity index (χ0n) is 11.1. The molecule has 3 N–H and O–H groups in total. The fourth-order valence-corrected chi connectivity index (χ4v) is 2.89. The Morgan fingerprint density at radius 1 is 1.63 bits per heavy atom. The van der Waals surface area contributed by atoms with Crippen molar-refractivity contribution in [3.8, 4) is 0 Å². The predicted octanol–water partition coefficient (Wildman–Crippen LogP) is 2.13. The van der Waals surface area contributed by atoms with E-state index in [1.807, 2.05) is 0 Å². The van der Waals surface area contributed by atoms with Crippen molar-refractivity contribution in [3.05, 3.63) is 24.0 Å². The van der Waals surface area contributed by atoms with Gasteiger partial charge in [-0.1, -0.05) is 19.8 Å². The molecule has 0 radical (unpaired) electrons. The van der Waals surface area contributed by atoms with Gasteiger partial charge in [0, 0.05) is 11.9 Å². The molecular formula is C14H20N2O3. The molecule has 1 fully saturated rings. The summed E-state index contributed by atoms with van der Waals surface area (Å²) in [5, 5.41) is 22.0. The molecule has 0 amide bonds. The highest BCUT2D eigenvalue weighted by Crippen LogP contribution is 2.34. The van der Waals surface area contributed by atoms with Crippen LogP contribution in [-0.2, 0) is 0 Å². The molecule has 1 aliphatic carbocycles. The van der Waals surface area contributed by atoms with E-state index in [4.69, 9.17) is 5.11 Å². The van der Waals surface area contributed by atoms with Gasteiger partial charge in [-0.3, -0.25) is 0 Å². The topological polar surface area (TPSA) is 82.5 Å². The molecule has 2 unspecified atom stereocenters. The molecule has 5 nitrogen and oxygen atoms in total. The summed E-state index contributed by atoms with van der Waals surface area (Å²) in [6.45, 7) is 2.24. The number of aliphatic hydroxyl groups excluding tert-OH is 1. The van der Waals surface area contributed by atoms with E-state index in [-0.39, 0.29) is 17.8 Å². The Labute approximate surface area is 112 Å². The van der Waals surface area contributed by atoms with E-state index >= 15 is 0 Å². The van der Waals surface area contributed by atoms with Gasteiger partial charge in [-0.2, -0.15) is 0 Å². The molecule has 0 bridgehead atoms. The molecule has 0 saturated heterocycles. The normalized spacial score (nSPS) is 26.9. The first kappa shape index (κ1) is 13.8. The summed E-state index contributed by atoms with van der Waals surface area (Å²) in [5.41, 5.74) is 0.381. The lowest BCUT2D eigenvalue weighted by Crippen LogP contribution is -2.45. The van der Waals surface area contributed by atoms with E-state index in [0.717, 1.165) is 19.3 Å². The average molecular weight is 264 g/mol. The summed E-state index contributed by atoms with van der Waals surface area (Å²) in [6.07, 6.45) is 5.53. The van der Waals surface area contributed by atoms with Crippen LogP contribution in [0.4, 0.5) is 5.69 Å². The number of rotatable bonds is 4. The summed E-state index contributed by atoms with van der Waals surface area (Å²) < 4.78 is 0. The van der Waals surface area contributed by atoms with E-state index in [1.54, 1.807) is 6.07 Å². The zero-order chi connectivity index (χ0) is 13.9. The van der Waals surface area contributed by atoms with Crippen LogP contribution in [0.5, 0.6) is 0 Å². The van der Waals surface area contributed by atoms with E-state index in [1.165, 1.54) is 18.7 Å². The van der Waals surface area contributed by atoms with Crippen molar-refractivity contribution in [1.82, 2.24) is 4.98 Å². The maximum Gasteiger partial charge on any atom is 0.354 e. The van der Waals surface area contributed by atoms with Gasteiger partial charge in [0.1, 0.15) is 5.69 Å². The highest BCUT2D eigenvalue weighted by atomic mass is 16.4. The fourth-order valence-electron chi connectivity index (χ4n) is 2.89. The second-order valence-corrected chi connectivity index (χ2v) is 5.50. The molecule has 2 atom stereocenters. The number of hydrogen-bond donors (Lipinski definition) is 3. The van der Waals surface area contributed by atoms with Crippen molar-refractivity contribution in [2.75, 3.05) is 11.9 Å². The van der Waals surface area contributed by atoms with Crippen molar-refractivity contribution < 1.29 is 15.0 Å². The van der Waals surface area contributed by atoms with Gasteiger partial charge >= 0.3 is 5.97 Å². The third-order valence-electron chi connectivity index (χ3n) is 3.78. The molecule has 19 heavy (non-hydrogen) atoms. The van der Waals surface area contributed by atoms with E-state index in [0.29, 0.717) is 11.6 Å². The molecule has 0 spiro atoms. The maximum atomic E-state index is 10.9. The number of aromatic nitrogens is 1. The van der Waals surface area contributed by atoms with Gasteiger partial charge in [-0.15, -0.1) is 0 Å². The van der Waals surface area contributed by atoms with Gasteiger partial charge in [0.2, 0.25) is 0 Å². The summed E-state index contributed by atoms with van der Waals surface area (Å²) in [6, 6.07) is 3.25. The van der Waals surface area contributed by atoms with Crippen LogP contribution in [0.15, 0.2) is 18.3 Å². The number of aliphatic hydroxyl groups is 1.